The van der Waals surface area contributed by atoms with Crippen LogP contribution in [0.5, 0.6) is 5.75 Å². The topological polar surface area (TPSA) is 104 Å². The number of hydrogen-bond acceptors (Lipinski definition) is 5. The molecule has 1 aliphatic heterocycles. The van der Waals surface area contributed by atoms with Gasteiger partial charge in [-0.15, -0.1) is 0 Å². The van der Waals surface area contributed by atoms with Crippen molar-refractivity contribution < 1.29 is 14.8 Å². The molecule has 1 fully saturated rings. The Morgan fingerprint density at radius 1 is 1.53 bits per heavy atom. The average Bonchev–Trinajstić information content (AvgIpc) is 2.42. The average molecular weight is 265 g/mol. The summed E-state index contributed by atoms with van der Waals surface area (Å²) in [6, 6.07) is 3.55. The summed E-state index contributed by atoms with van der Waals surface area (Å²) in [7, 11) is 0. The van der Waals surface area contributed by atoms with E-state index < -0.39 is 4.92 Å². The van der Waals surface area contributed by atoms with Crippen LogP contribution in [0, 0.1) is 16.0 Å². The molecule has 7 heteroatoms. The highest BCUT2D eigenvalue weighted by atomic mass is 16.6. The number of rotatable bonds is 3. The van der Waals surface area contributed by atoms with Crippen LogP contribution in [0.15, 0.2) is 18.2 Å². The molecule has 19 heavy (non-hydrogen) atoms. The number of aromatic hydroxyl groups is 1. The quantitative estimate of drug-likeness (QED) is 0.433. The van der Waals surface area contributed by atoms with E-state index in [9.17, 15) is 20.0 Å². The van der Waals surface area contributed by atoms with Gasteiger partial charge in [0.05, 0.1) is 16.5 Å². The minimum atomic E-state index is -0.572. The number of nitro benzene ring substituents is 1. The fourth-order valence-corrected chi connectivity index (χ4v) is 2.05. The van der Waals surface area contributed by atoms with Gasteiger partial charge in [-0.05, 0) is 25.5 Å². The maximum Gasteiger partial charge on any atom is 0.271 e. The van der Waals surface area contributed by atoms with E-state index >= 15 is 0 Å². The van der Waals surface area contributed by atoms with Crippen LogP contribution in [0.1, 0.15) is 12.8 Å². The van der Waals surface area contributed by atoms with E-state index in [1.165, 1.54) is 12.1 Å². The molecule has 7 nitrogen and oxygen atoms in total. The summed E-state index contributed by atoms with van der Waals surface area (Å²) in [5.74, 6) is -0.585. The highest BCUT2D eigenvalue weighted by molar-refractivity contribution is 5.94. The van der Waals surface area contributed by atoms with Crippen molar-refractivity contribution in [3.8, 4) is 5.75 Å². The standard InChI is InChI=1S/C12H15N3O4/c16-11-4-3-9(15(18)19)6-10(11)14-12(17)8-2-1-5-13-7-8/h3-4,6,8,13,16H,1-2,5,7H2,(H,14,17)/t8-/m1/s1. The molecule has 1 heterocycles. The van der Waals surface area contributed by atoms with Crippen LogP contribution in [-0.4, -0.2) is 29.0 Å². The van der Waals surface area contributed by atoms with Crippen LogP contribution < -0.4 is 10.6 Å². The first-order valence-corrected chi connectivity index (χ1v) is 6.07. The summed E-state index contributed by atoms with van der Waals surface area (Å²) in [5.41, 5.74) is -0.0976. The van der Waals surface area contributed by atoms with Gasteiger partial charge in [-0.2, -0.15) is 0 Å². The van der Waals surface area contributed by atoms with Crippen molar-refractivity contribution >= 4 is 17.3 Å². The largest absolute Gasteiger partial charge is 0.506 e. The molecule has 1 amide bonds. The third kappa shape index (κ3) is 3.19. The van der Waals surface area contributed by atoms with E-state index in [1.807, 2.05) is 0 Å². The predicted molar refractivity (Wildman–Crippen MR) is 69.0 cm³/mol. The molecule has 2 rings (SSSR count). The molecule has 0 aromatic heterocycles. The maximum absolute atomic E-state index is 12.0. The third-order valence-electron chi connectivity index (χ3n) is 3.12. The van der Waals surface area contributed by atoms with Gasteiger partial charge in [-0.3, -0.25) is 14.9 Å². The number of carbonyl (C=O) groups excluding carboxylic acids is 1. The normalized spacial score (nSPS) is 18.8. The van der Waals surface area contributed by atoms with Gasteiger partial charge in [0.1, 0.15) is 5.75 Å². The molecule has 0 aliphatic carbocycles. The molecule has 0 spiro atoms. The van der Waals surface area contributed by atoms with Gasteiger partial charge in [-0.1, -0.05) is 0 Å². The zero-order valence-electron chi connectivity index (χ0n) is 10.3. The lowest BCUT2D eigenvalue weighted by atomic mass is 9.99. The molecule has 1 saturated heterocycles. The van der Waals surface area contributed by atoms with Crippen molar-refractivity contribution in [2.24, 2.45) is 5.92 Å². The first-order chi connectivity index (χ1) is 9.08. The molecule has 1 aliphatic rings. The Labute approximate surface area is 109 Å². The van der Waals surface area contributed by atoms with E-state index in [0.717, 1.165) is 25.5 Å². The summed E-state index contributed by atoms with van der Waals surface area (Å²) in [5, 5.41) is 25.9. The number of benzene rings is 1. The van der Waals surface area contributed by atoms with Crippen molar-refractivity contribution in [1.29, 1.82) is 0 Å². The fourth-order valence-electron chi connectivity index (χ4n) is 2.05. The van der Waals surface area contributed by atoms with Crippen molar-refractivity contribution in [1.82, 2.24) is 5.32 Å². The minimum absolute atomic E-state index is 0.0739. The zero-order chi connectivity index (χ0) is 13.8. The van der Waals surface area contributed by atoms with Crippen molar-refractivity contribution in [3.63, 3.8) is 0 Å². The Hall–Kier alpha value is -2.15. The number of nitro groups is 1. The molecule has 0 bridgehead atoms. The zero-order valence-corrected chi connectivity index (χ0v) is 10.3. The van der Waals surface area contributed by atoms with Gasteiger partial charge in [0.15, 0.2) is 0 Å². The van der Waals surface area contributed by atoms with Crippen molar-refractivity contribution in [3.05, 3.63) is 28.3 Å². The highest BCUT2D eigenvalue weighted by Gasteiger charge is 2.22. The maximum atomic E-state index is 12.0. The van der Waals surface area contributed by atoms with Crippen LogP contribution in [0.4, 0.5) is 11.4 Å². The first kappa shape index (κ1) is 13.3. The van der Waals surface area contributed by atoms with Gasteiger partial charge in [-0.25, -0.2) is 0 Å². The van der Waals surface area contributed by atoms with Gasteiger partial charge < -0.3 is 15.7 Å². The van der Waals surface area contributed by atoms with E-state index in [1.54, 1.807) is 0 Å². The number of non-ortho nitro benzene ring substituents is 1. The van der Waals surface area contributed by atoms with E-state index in [4.69, 9.17) is 0 Å². The number of piperidine rings is 1. The van der Waals surface area contributed by atoms with Gasteiger partial charge in [0.2, 0.25) is 5.91 Å². The second kappa shape index (κ2) is 5.66. The van der Waals surface area contributed by atoms with Crippen molar-refractivity contribution in [2.75, 3.05) is 18.4 Å². The first-order valence-electron chi connectivity index (χ1n) is 6.07. The van der Waals surface area contributed by atoms with Crippen LogP contribution in [0.2, 0.25) is 0 Å². The lowest BCUT2D eigenvalue weighted by Gasteiger charge is -2.22. The number of nitrogens with zero attached hydrogens (tertiary/aromatic N) is 1. The number of amides is 1. The second-order valence-corrected chi connectivity index (χ2v) is 4.49. The van der Waals surface area contributed by atoms with Gasteiger partial charge in [0, 0.05) is 18.7 Å². The molecule has 1 atom stereocenters. The number of nitrogens with one attached hydrogen (secondary N) is 2. The minimum Gasteiger partial charge on any atom is -0.506 e. The number of phenolic OH excluding ortho intramolecular Hbond substituents is 1. The summed E-state index contributed by atoms with van der Waals surface area (Å²) in [4.78, 5) is 22.0. The summed E-state index contributed by atoms with van der Waals surface area (Å²) < 4.78 is 0. The highest BCUT2D eigenvalue weighted by Crippen LogP contribution is 2.28. The number of hydrogen-bond donors (Lipinski definition) is 3. The summed E-state index contributed by atoms with van der Waals surface area (Å²) >= 11 is 0. The molecule has 1 aromatic carbocycles. The van der Waals surface area contributed by atoms with Gasteiger partial charge in [0.25, 0.3) is 5.69 Å². The van der Waals surface area contributed by atoms with Crippen LogP contribution in [0.25, 0.3) is 0 Å². The molecule has 102 valence electrons. The number of anilines is 1. The lowest BCUT2D eigenvalue weighted by Crippen LogP contribution is -2.37. The van der Waals surface area contributed by atoms with Crippen molar-refractivity contribution in [2.45, 2.75) is 12.8 Å². The number of carbonyl (C=O) groups is 1. The molecule has 0 unspecified atom stereocenters. The van der Waals surface area contributed by atoms with E-state index in [-0.39, 0.29) is 28.9 Å². The molecule has 1 aromatic rings. The van der Waals surface area contributed by atoms with Gasteiger partial charge >= 0.3 is 0 Å². The van der Waals surface area contributed by atoms with Crippen LogP contribution >= 0.6 is 0 Å². The molecule has 0 saturated carbocycles. The SMILES string of the molecule is O=C(Nc1cc([N+](=O)[O-])ccc1O)[C@@H]1CCCNC1. The van der Waals surface area contributed by atoms with E-state index in [0.29, 0.717) is 6.54 Å². The Balaban J connectivity index is 2.11. The Morgan fingerprint density at radius 3 is 2.95 bits per heavy atom. The summed E-state index contributed by atoms with van der Waals surface area (Å²) in [6.07, 6.45) is 1.69. The predicted octanol–water partition coefficient (Wildman–Crippen LogP) is 1.24. The monoisotopic (exact) mass is 265 g/mol. The smallest absolute Gasteiger partial charge is 0.271 e. The molecule has 3 N–H and O–H groups in total. The summed E-state index contributed by atoms with van der Waals surface area (Å²) in [6.45, 7) is 1.48. The number of phenols is 1. The fraction of sp³-hybridized carbons (Fsp3) is 0.417. The molecular formula is C12H15N3O4. The molecular weight excluding hydrogens is 250 g/mol. The molecule has 0 radical (unpaired) electrons. The van der Waals surface area contributed by atoms with E-state index in [2.05, 4.69) is 10.6 Å². The third-order valence-corrected chi connectivity index (χ3v) is 3.12. The van der Waals surface area contributed by atoms with Crippen LogP contribution in [0.3, 0.4) is 0 Å². The Morgan fingerprint density at radius 2 is 2.32 bits per heavy atom. The van der Waals surface area contributed by atoms with Crippen LogP contribution in [-0.2, 0) is 4.79 Å². The Bertz CT molecular complexity index is 498. The Kier molecular flexibility index (Phi) is 3.96. The lowest BCUT2D eigenvalue weighted by molar-refractivity contribution is -0.384. The second-order valence-electron chi connectivity index (χ2n) is 4.49.